The molecular weight excluding hydrogens is 336 g/mol. The van der Waals surface area contributed by atoms with Crippen LogP contribution in [-0.2, 0) is 0 Å². The highest BCUT2D eigenvalue weighted by Crippen LogP contribution is 2.26. The second-order valence-corrected chi connectivity index (χ2v) is 6.67. The van der Waals surface area contributed by atoms with E-state index in [0.717, 1.165) is 28.2 Å². The lowest BCUT2D eigenvalue weighted by molar-refractivity contribution is 0.102. The molecule has 2 heterocycles. The largest absolute Gasteiger partial charge is 0.322 e. The quantitative estimate of drug-likeness (QED) is 0.585. The van der Waals surface area contributed by atoms with E-state index in [2.05, 4.69) is 15.3 Å². The maximum absolute atomic E-state index is 12.6. The van der Waals surface area contributed by atoms with E-state index in [1.807, 2.05) is 79.9 Å². The van der Waals surface area contributed by atoms with Gasteiger partial charge >= 0.3 is 0 Å². The van der Waals surface area contributed by atoms with Crippen LogP contribution in [0.25, 0.3) is 17.0 Å². The molecule has 0 saturated carbocycles. The fourth-order valence-electron chi connectivity index (χ4n) is 3.11. The van der Waals surface area contributed by atoms with Gasteiger partial charge in [-0.3, -0.25) is 9.20 Å². The molecule has 5 nitrogen and oxygen atoms in total. The van der Waals surface area contributed by atoms with Crippen molar-refractivity contribution in [3.8, 4) is 11.3 Å². The first kappa shape index (κ1) is 17.0. The molecule has 0 fully saturated rings. The van der Waals surface area contributed by atoms with Crippen LogP contribution in [0, 0.1) is 20.8 Å². The van der Waals surface area contributed by atoms with Crippen LogP contribution < -0.4 is 5.32 Å². The maximum Gasteiger partial charge on any atom is 0.255 e. The summed E-state index contributed by atoms with van der Waals surface area (Å²) in [5.74, 6) is 0.540. The molecule has 0 aliphatic carbocycles. The Morgan fingerprint density at radius 3 is 2.63 bits per heavy atom. The van der Waals surface area contributed by atoms with E-state index in [1.54, 1.807) is 6.20 Å². The fraction of sp³-hybridized carbons (Fsp3) is 0.136. The minimum atomic E-state index is -0.122. The van der Waals surface area contributed by atoms with Gasteiger partial charge in [-0.25, -0.2) is 9.97 Å². The summed E-state index contributed by atoms with van der Waals surface area (Å²) < 4.78 is 1.95. The van der Waals surface area contributed by atoms with Crippen LogP contribution in [-0.4, -0.2) is 20.3 Å². The van der Waals surface area contributed by atoms with Crippen LogP contribution in [0.15, 0.2) is 60.9 Å². The lowest BCUT2D eigenvalue weighted by atomic mass is 10.1. The van der Waals surface area contributed by atoms with E-state index in [4.69, 9.17) is 0 Å². The van der Waals surface area contributed by atoms with Crippen molar-refractivity contribution in [1.82, 2.24) is 14.4 Å². The molecule has 0 radical (unpaired) electrons. The fourth-order valence-corrected chi connectivity index (χ4v) is 3.11. The molecule has 0 bridgehead atoms. The van der Waals surface area contributed by atoms with Crippen LogP contribution in [0.3, 0.4) is 0 Å². The van der Waals surface area contributed by atoms with Crippen molar-refractivity contribution in [3.63, 3.8) is 0 Å². The first-order valence-corrected chi connectivity index (χ1v) is 8.81. The summed E-state index contributed by atoms with van der Waals surface area (Å²) in [5.41, 5.74) is 6.47. The lowest BCUT2D eigenvalue weighted by Gasteiger charge is -2.09. The maximum atomic E-state index is 12.6. The molecule has 0 spiro atoms. The number of hydrogen-bond donors (Lipinski definition) is 1. The molecule has 4 rings (SSSR count). The molecule has 27 heavy (non-hydrogen) atoms. The van der Waals surface area contributed by atoms with Crippen molar-refractivity contribution >= 4 is 17.4 Å². The van der Waals surface area contributed by atoms with Crippen molar-refractivity contribution in [2.24, 2.45) is 0 Å². The summed E-state index contributed by atoms with van der Waals surface area (Å²) in [4.78, 5) is 21.5. The Balaban J connectivity index is 1.65. The summed E-state index contributed by atoms with van der Waals surface area (Å²) in [6.45, 7) is 6.05. The topological polar surface area (TPSA) is 59.3 Å². The number of imidazole rings is 1. The van der Waals surface area contributed by atoms with Crippen LogP contribution in [0.2, 0.25) is 0 Å². The van der Waals surface area contributed by atoms with E-state index in [9.17, 15) is 4.79 Å². The van der Waals surface area contributed by atoms with Gasteiger partial charge in [0.15, 0.2) is 0 Å². The predicted molar refractivity (Wildman–Crippen MR) is 107 cm³/mol. The summed E-state index contributed by atoms with van der Waals surface area (Å²) >= 11 is 0. The number of carbonyl (C=O) groups is 1. The normalized spacial score (nSPS) is 10.9. The number of nitrogens with one attached hydrogen (secondary N) is 1. The van der Waals surface area contributed by atoms with Crippen molar-refractivity contribution in [1.29, 1.82) is 0 Å². The average molecular weight is 356 g/mol. The first-order valence-electron chi connectivity index (χ1n) is 8.81. The van der Waals surface area contributed by atoms with E-state index < -0.39 is 0 Å². The second kappa shape index (κ2) is 6.68. The number of rotatable bonds is 3. The number of fused-ring (bicyclic) bond motifs is 1. The smallest absolute Gasteiger partial charge is 0.255 e. The lowest BCUT2D eigenvalue weighted by Crippen LogP contribution is -2.12. The Morgan fingerprint density at radius 2 is 1.85 bits per heavy atom. The summed E-state index contributed by atoms with van der Waals surface area (Å²) in [6, 6.07) is 15.3. The Morgan fingerprint density at radius 1 is 1.00 bits per heavy atom. The molecule has 0 aliphatic rings. The van der Waals surface area contributed by atoms with Gasteiger partial charge in [-0.05, 0) is 62.2 Å². The SMILES string of the molecule is Cc1ccc(C(=O)Nc2cccc(-c3nc4ncccn4c3C)c2)cc1C. The monoisotopic (exact) mass is 356 g/mol. The Hall–Kier alpha value is -3.47. The van der Waals surface area contributed by atoms with Gasteiger partial charge in [-0.15, -0.1) is 0 Å². The highest BCUT2D eigenvalue weighted by molar-refractivity contribution is 6.04. The van der Waals surface area contributed by atoms with Crippen molar-refractivity contribution in [3.05, 3.63) is 83.3 Å². The van der Waals surface area contributed by atoms with Gasteiger partial charge in [0.2, 0.25) is 5.78 Å². The number of nitrogens with zero attached hydrogens (tertiary/aromatic N) is 3. The molecule has 134 valence electrons. The van der Waals surface area contributed by atoms with Crippen LogP contribution in [0.1, 0.15) is 27.2 Å². The standard InChI is InChI=1S/C22H20N4O/c1-14-8-9-18(12-15(14)2)21(27)24-19-7-4-6-17(13-19)20-16(3)26-11-5-10-23-22(26)25-20/h4-13H,1-3H3,(H,24,27). The molecule has 2 aromatic heterocycles. The molecule has 1 N–H and O–H groups in total. The van der Waals surface area contributed by atoms with Gasteiger partial charge < -0.3 is 5.32 Å². The molecule has 2 aromatic carbocycles. The number of aryl methyl sites for hydroxylation is 3. The molecule has 5 heteroatoms. The van der Waals surface area contributed by atoms with Crippen LogP contribution >= 0.6 is 0 Å². The molecule has 4 aromatic rings. The van der Waals surface area contributed by atoms with E-state index >= 15 is 0 Å². The summed E-state index contributed by atoms with van der Waals surface area (Å²) in [5, 5.41) is 2.98. The Bertz CT molecular complexity index is 1160. The number of hydrogen-bond acceptors (Lipinski definition) is 3. The third kappa shape index (κ3) is 3.19. The summed E-state index contributed by atoms with van der Waals surface area (Å²) in [7, 11) is 0. The third-order valence-corrected chi connectivity index (χ3v) is 4.81. The van der Waals surface area contributed by atoms with Crippen molar-refractivity contribution in [2.75, 3.05) is 5.32 Å². The minimum Gasteiger partial charge on any atom is -0.322 e. The van der Waals surface area contributed by atoms with Crippen molar-refractivity contribution in [2.45, 2.75) is 20.8 Å². The van der Waals surface area contributed by atoms with Crippen LogP contribution in [0.5, 0.6) is 0 Å². The number of anilines is 1. The minimum absolute atomic E-state index is 0.122. The van der Waals surface area contributed by atoms with Gasteiger partial charge in [0.1, 0.15) is 0 Å². The van der Waals surface area contributed by atoms with Crippen LogP contribution in [0.4, 0.5) is 5.69 Å². The first-order chi connectivity index (χ1) is 13.0. The Labute approximate surface area is 157 Å². The predicted octanol–water partition coefficient (Wildman–Crippen LogP) is 4.57. The molecule has 0 saturated heterocycles. The molecule has 1 amide bonds. The highest BCUT2D eigenvalue weighted by atomic mass is 16.1. The number of benzene rings is 2. The molecular formula is C22H20N4O. The number of aromatic nitrogens is 3. The molecule has 0 aliphatic heterocycles. The zero-order chi connectivity index (χ0) is 19.0. The van der Waals surface area contributed by atoms with Gasteiger partial charge in [-0.1, -0.05) is 18.2 Å². The second-order valence-electron chi connectivity index (χ2n) is 6.67. The zero-order valence-electron chi connectivity index (χ0n) is 15.5. The summed E-state index contributed by atoms with van der Waals surface area (Å²) in [6.07, 6.45) is 3.67. The highest BCUT2D eigenvalue weighted by Gasteiger charge is 2.12. The van der Waals surface area contributed by atoms with Gasteiger partial charge in [0, 0.05) is 34.9 Å². The zero-order valence-corrected chi connectivity index (χ0v) is 15.5. The van der Waals surface area contributed by atoms with Gasteiger partial charge in [0.25, 0.3) is 5.91 Å². The molecule has 0 unspecified atom stereocenters. The number of amides is 1. The van der Waals surface area contributed by atoms with E-state index in [-0.39, 0.29) is 5.91 Å². The van der Waals surface area contributed by atoms with Gasteiger partial charge in [0.05, 0.1) is 5.69 Å². The van der Waals surface area contributed by atoms with E-state index in [1.165, 1.54) is 5.56 Å². The number of carbonyl (C=O) groups excluding carboxylic acids is 1. The van der Waals surface area contributed by atoms with Crippen molar-refractivity contribution < 1.29 is 4.79 Å². The molecule has 0 atom stereocenters. The van der Waals surface area contributed by atoms with E-state index in [0.29, 0.717) is 11.3 Å². The Kier molecular flexibility index (Phi) is 4.20. The average Bonchev–Trinajstić information content (AvgIpc) is 3.01. The van der Waals surface area contributed by atoms with Gasteiger partial charge in [-0.2, -0.15) is 0 Å². The third-order valence-electron chi connectivity index (χ3n) is 4.81.